The molecular weight excluding hydrogens is 506 g/mol. The number of carbonyl (C=O) groups is 2. The van der Waals surface area contributed by atoms with Gasteiger partial charge in [-0.2, -0.15) is 4.68 Å². The van der Waals surface area contributed by atoms with E-state index < -0.39 is 12.0 Å². The molecule has 0 amide bonds. The van der Waals surface area contributed by atoms with Gasteiger partial charge in [-0.15, -0.1) is 0 Å². The third kappa shape index (κ3) is 3.60. The van der Waals surface area contributed by atoms with Gasteiger partial charge in [0.05, 0.1) is 12.7 Å². The molecule has 0 bridgehead atoms. The second-order valence-electron chi connectivity index (χ2n) is 6.15. The van der Waals surface area contributed by atoms with Gasteiger partial charge >= 0.3 is 5.97 Å². The molecule has 4 rings (SSSR count). The Balaban J connectivity index is 1.95. The first-order valence-electron chi connectivity index (χ1n) is 8.42. The van der Waals surface area contributed by atoms with Crippen molar-refractivity contribution >= 4 is 49.6 Å². The number of aromatic nitrogens is 4. The van der Waals surface area contributed by atoms with Gasteiger partial charge in [0, 0.05) is 14.5 Å². The second-order valence-corrected chi connectivity index (χ2v) is 7.98. The summed E-state index contributed by atoms with van der Waals surface area (Å²) in [5.74, 6) is -0.779. The number of benzene rings is 2. The highest BCUT2D eigenvalue weighted by Crippen LogP contribution is 2.37. The zero-order chi connectivity index (χ0) is 20.5. The van der Waals surface area contributed by atoms with Crippen LogP contribution in [0.1, 0.15) is 22.0 Å². The molecule has 1 aliphatic heterocycles. The van der Waals surface area contributed by atoms with E-state index in [2.05, 4.69) is 52.7 Å². The number of esters is 1. The number of ether oxygens (including phenoxy) is 1. The molecule has 0 spiro atoms. The van der Waals surface area contributed by atoms with Crippen LogP contribution < -0.4 is 5.32 Å². The molecule has 3 aromatic rings. The molecule has 2 heterocycles. The van der Waals surface area contributed by atoms with Crippen molar-refractivity contribution in [3.05, 3.63) is 79.9 Å². The number of nitrogens with zero attached hydrogens (tertiary/aromatic N) is 4. The molecule has 0 unspecified atom stereocenters. The molecule has 0 radical (unpaired) electrons. The third-order valence-electron chi connectivity index (χ3n) is 4.42. The number of ketones is 1. The Bertz CT molecular complexity index is 1140. The van der Waals surface area contributed by atoms with Crippen molar-refractivity contribution < 1.29 is 14.3 Å². The highest BCUT2D eigenvalue weighted by Gasteiger charge is 2.38. The maximum Gasteiger partial charge on any atom is 0.355 e. The highest BCUT2D eigenvalue weighted by molar-refractivity contribution is 9.10. The van der Waals surface area contributed by atoms with Crippen molar-refractivity contribution in [2.45, 2.75) is 6.04 Å². The molecule has 29 heavy (non-hydrogen) atoms. The average Bonchev–Trinajstić information content (AvgIpc) is 3.20. The number of hydrogen-bond acceptors (Lipinski definition) is 7. The first-order valence-corrected chi connectivity index (χ1v) is 10.0. The van der Waals surface area contributed by atoms with Crippen molar-refractivity contribution in [3.8, 4) is 0 Å². The van der Waals surface area contributed by atoms with E-state index >= 15 is 0 Å². The second kappa shape index (κ2) is 7.88. The number of fused-ring (bicyclic) bond motifs is 1. The summed E-state index contributed by atoms with van der Waals surface area (Å²) in [4.78, 5) is 26.1. The summed E-state index contributed by atoms with van der Waals surface area (Å²) in [6.45, 7) is 0. The van der Waals surface area contributed by atoms with E-state index in [9.17, 15) is 9.59 Å². The molecule has 2 aromatic carbocycles. The summed E-state index contributed by atoms with van der Waals surface area (Å²) in [5, 5.41) is 14.5. The topological polar surface area (TPSA) is 99.0 Å². The first-order chi connectivity index (χ1) is 14.0. The van der Waals surface area contributed by atoms with Crippen molar-refractivity contribution in [2.24, 2.45) is 0 Å². The van der Waals surface area contributed by atoms with Gasteiger partial charge in [-0.1, -0.05) is 49.1 Å². The van der Waals surface area contributed by atoms with Crippen LogP contribution in [0.25, 0.3) is 0 Å². The monoisotopic (exact) mass is 517 g/mol. The zero-order valence-electron chi connectivity index (χ0n) is 15.0. The van der Waals surface area contributed by atoms with Gasteiger partial charge < -0.3 is 10.1 Å². The fourth-order valence-corrected chi connectivity index (χ4v) is 3.81. The smallest absolute Gasteiger partial charge is 0.355 e. The fraction of sp³-hybridized carbons (Fsp3) is 0.105. The lowest BCUT2D eigenvalue weighted by atomic mass is 9.89. The largest absolute Gasteiger partial charge is 0.464 e. The number of rotatable bonds is 4. The van der Waals surface area contributed by atoms with Crippen molar-refractivity contribution in [1.29, 1.82) is 0 Å². The van der Waals surface area contributed by atoms with Crippen LogP contribution in [0.15, 0.2) is 68.7 Å². The summed E-state index contributed by atoms with van der Waals surface area (Å²) in [6, 6.07) is 13.6. The molecule has 0 aliphatic carbocycles. The molecule has 1 aromatic heterocycles. The molecule has 0 fully saturated rings. The molecular formula is C19H13Br2N5O3. The number of Topliss-reactive ketones (excluding diaryl/α,β-unsaturated/α-hetero) is 1. The number of hydrogen-bond donors (Lipinski definition) is 1. The van der Waals surface area contributed by atoms with E-state index in [0.717, 1.165) is 14.5 Å². The van der Waals surface area contributed by atoms with Crippen molar-refractivity contribution in [1.82, 2.24) is 20.2 Å². The summed E-state index contributed by atoms with van der Waals surface area (Å²) < 4.78 is 8.05. The minimum atomic E-state index is -0.719. The van der Waals surface area contributed by atoms with Crippen LogP contribution in [-0.2, 0) is 9.53 Å². The lowest BCUT2D eigenvalue weighted by Crippen LogP contribution is -2.32. The number of allylic oxidation sites excluding steroid dienone is 1. The Hall–Kier alpha value is -2.85. The van der Waals surface area contributed by atoms with Crippen LogP contribution >= 0.6 is 31.9 Å². The third-order valence-corrected chi connectivity index (χ3v) is 5.44. The van der Waals surface area contributed by atoms with Crippen LogP contribution in [0.3, 0.4) is 0 Å². The van der Waals surface area contributed by atoms with E-state index in [4.69, 9.17) is 4.74 Å². The zero-order valence-corrected chi connectivity index (χ0v) is 18.1. The summed E-state index contributed by atoms with van der Waals surface area (Å²) in [6.07, 6.45) is 0. The van der Waals surface area contributed by atoms with Gasteiger partial charge in [0.15, 0.2) is 5.78 Å². The highest BCUT2D eigenvalue weighted by atomic mass is 79.9. The first kappa shape index (κ1) is 19.5. The summed E-state index contributed by atoms with van der Waals surface area (Å²) >= 11 is 6.82. The molecule has 0 saturated carbocycles. The summed E-state index contributed by atoms with van der Waals surface area (Å²) in [5.41, 5.74) is 1.35. The van der Waals surface area contributed by atoms with E-state index in [1.807, 2.05) is 24.3 Å². The number of methoxy groups -OCH3 is 1. The molecule has 146 valence electrons. The normalized spacial score (nSPS) is 15.5. The minimum absolute atomic E-state index is 0.00712. The number of carbonyl (C=O) groups excluding carboxylic acids is 2. The molecule has 1 aliphatic rings. The van der Waals surface area contributed by atoms with Crippen LogP contribution in [-0.4, -0.2) is 39.1 Å². The molecule has 10 heteroatoms. The fourth-order valence-electron chi connectivity index (χ4n) is 3.13. The Morgan fingerprint density at radius 3 is 2.55 bits per heavy atom. The van der Waals surface area contributed by atoms with Crippen molar-refractivity contribution in [2.75, 3.05) is 12.4 Å². The van der Waals surface area contributed by atoms with Gasteiger partial charge in [-0.25, -0.2) is 4.79 Å². The van der Waals surface area contributed by atoms with Gasteiger partial charge in [0.25, 0.3) is 0 Å². The number of tetrazole rings is 1. The maximum atomic E-state index is 13.5. The summed E-state index contributed by atoms with van der Waals surface area (Å²) in [7, 11) is 1.25. The van der Waals surface area contributed by atoms with Gasteiger partial charge in [-0.3, -0.25) is 4.79 Å². The van der Waals surface area contributed by atoms with Crippen LogP contribution in [0.4, 0.5) is 5.95 Å². The maximum absolute atomic E-state index is 13.5. The average molecular weight is 519 g/mol. The van der Waals surface area contributed by atoms with Gasteiger partial charge in [0.1, 0.15) is 11.7 Å². The van der Waals surface area contributed by atoms with Gasteiger partial charge in [0.2, 0.25) is 5.95 Å². The number of halogens is 2. The molecule has 8 nitrogen and oxygen atoms in total. The lowest BCUT2D eigenvalue weighted by molar-refractivity contribution is -0.136. The van der Waals surface area contributed by atoms with E-state index in [1.165, 1.54) is 11.8 Å². The predicted octanol–water partition coefficient (Wildman–Crippen LogP) is 3.52. The Morgan fingerprint density at radius 1 is 1.10 bits per heavy atom. The Morgan fingerprint density at radius 2 is 1.86 bits per heavy atom. The molecule has 0 saturated heterocycles. The molecule has 1 N–H and O–H groups in total. The SMILES string of the molecule is COC(=O)C1=C(C(=O)c2ccc(Br)cc2)[C@@H](c2cccc(Br)c2)n2nnnc2N1. The van der Waals surface area contributed by atoms with Crippen LogP contribution in [0.5, 0.6) is 0 Å². The number of anilines is 1. The van der Waals surface area contributed by atoms with Crippen molar-refractivity contribution in [3.63, 3.8) is 0 Å². The van der Waals surface area contributed by atoms with E-state index in [-0.39, 0.29) is 23.0 Å². The Labute approximate surface area is 182 Å². The lowest BCUT2D eigenvalue weighted by Gasteiger charge is -2.28. The minimum Gasteiger partial charge on any atom is -0.464 e. The van der Waals surface area contributed by atoms with Crippen LogP contribution in [0.2, 0.25) is 0 Å². The quantitative estimate of drug-likeness (QED) is 0.416. The van der Waals surface area contributed by atoms with Gasteiger partial charge in [-0.05, 0) is 52.4 Å². The Kier molecular flexibility index (Phi) is 5.29. The van der Waals surface area contributed by atoms with E-state index in [1.54, 1.807) is 24.3 Å². The predicted molar refractivity (Wildman–Crippen MR) is 111 cm³/mol. The van der Waals surface area contributed by atoms with E-state index in [0.29, 0.717) is 5.56 Å². The van der Waals surface area contributed by atoms with Crippen LogP contribution in [0, 0.1) is 0 Å². The standard InChI is InChI=1S/C19H13Br2N5O3/c1-29-18(28)15-14(17(27)10-5-7-12(20)8-6-10)16(11-3-2-4-13(21)9-11)26-19(22-15)23-24-25-26/h2-9,16H,1H3,(H,22,23,25)/t16-/m1/s1. The number of nitrogens with one attached hydrogen (secondary N) is 1. The molecule has 1 atom stereocenters.